The molecule has 1 unspecified atom stereocenters. The van der Waals surface area contributed by atoms with Crippen molar-refractivity contribution in [3.05, 3.63) is 35.4 Å². The molecule has 0 fully saturated rings. The number of halogens is 1. The lowest BCUT2D eigenvalue weighted by Gasteiger charge is -2.11. The third-order valence-electron chi connectivity index (χ3n) is 4.00. The van der Waals surface area contributed by atoms with Gasteiger partial charge in [-0.15, -0.1) is 0 Å². The van der Waals surface area contributed by atoms with E-state index in [2.05, 4.69) is 36.0 Å². The Kier molecular flexibility index (Phi) is 10.6. The summed E-state index contributed by atoms with van der Waals surface area (Å²) in [4.78, 5) is 2.60. The fraction of sp³-hybridized carbons (Fsp3) is 0.667. The molecule has 120 valence electrons. The van der Waals surface area contributed by atoms with Crippen LogP contribution in [0.15, 0.2) is 24.3 Å². The smallest absolute Gasteiger partial charge is 0.0597 e. The maximum Gasteiger partial charge on any atom is 0.0597 e. The van der Waals surface area contributed by atoms with Crippen LogP contribution >= 0.6 is 11.8 Å². The number of unbranched alkanes of at least 4 members (excludes halogenated alkanes) is 5. The monoisotopic (exact) mass is 311 g/mol. The van der Waals surface area contributed by atoms with Crippen molar-refractivity contribution in [2.24, 2.45) is 0 Å². The summed E-state index contributed by atoms with van der Waals surface area (Å²) in [6.45, 7) is 2.34. The summed E-state index contributed by atoms with van der Waals surface area (Å²) >= 11 is 5.55. The molecule has 1 aromatic carbocycles. The number of rotatable bonds is 12. The van der Waals surface area contributed by atoms with Crippen LogP contribution in [0.5, 0.6) is 0 Å². The van der Waals surface area contributed by atoms with Crippen molar-refractivity contribution in [1.82, 2.24) is 4.84 Å². The van der Waals surface area contributed by atoms with Gasteiger partial charge in [0.2, 0.25) is 0 Å². The quantitative estimate of drug-likeness (QED) is 0.436. The van der Waals surface area contributed by atoms with Crippen LogP contribution in [-0.4, -0.2) is 17.8 Å². The van der Waals surface area contributed by atoms with Crippen molar-refractivity contribution in [2.75, 3.05) is 6.61 Å². The molecule has 0 aromatic heterocycles. The van der Waals surface area contributed by atoms with Gasteiger partial charge in [0.25, 0.3) is 0 Å². The molecule has 21 heavy (non-hydrogen) atoms. The molecule has 1 rings (SSSR count). The summed E-state index contributed by atoms with van der Waals surface area (Å²) in [5, 5.41) is 9.08. The van der Waals surface area contributed by atoms with E-state index in [-0.39, 0.29) is 12.6 Å². The molecule has 0 heterocycles. The Bertz CT molecular complexity index is 349. The van der Waals surface area contributed by atoms with E-state index in [1.54, 1.807) is 0 Å². The highest BCUT2D eigenvalue weighted by Crippen LogP contribution is 2.12. The van der Waals surface area contributed by atoms with Crippen LogP contribution in [0.2, 0.25) is 0 Å². The van der Waals surface area contributed by atoms with E-state index in [1.807, 2.05) is 0 Å². The second kappa shape index (κ2) is 12.0. The fourth-order valence-electron chi connectivity index (χ4n) is 2.50. The summed E-state index contributed by atoms with van der Waals surface area (Å²) < 4.78 is 0. The topological polar surface area (TPSA) is 32.3 Å². The first-order valence-electron chi connectivity index (χ1n) is 8.35. The first-order chi connectivity index (χ1) is 10.3. The Morgan fingerprint density at radius 2 is 1.52 bits per heavy atom. The van der Waals surface area contributed by atoms with Gasteiger partial charge in [-0.3, -0.25) is 0 Å². The van der Waals surface area contributed by atoms with Gasteiger partial charge >= 0.3 is 0 Å². The van der Waals surface area contributed by atoms with Crippen LogP contribution in [0.25, 0.3) is 0 Å². The molecule has 0 spiro atoms. The molecule has 1 atom stereocenters. The van der Waals surface area contributed by atoms with E-state index in [0.29, 0.717) is 0 Å². The molecule has 0 aliphatic heterocycles. The van der Waals surface area contributed by atoms with E-state index in [9.17, 15) is 0 Å². The molecule has 0 saturated carbocycles. The molecule has 2 N–H and O–H groups in total. The standard InChI is InChI=1S/C18H30ClNO/c1-2-3-4-5-6-7-8-16-9-11-17(12-10-16)13-14-18(15-21)20-19/h9-12,18,20-21H,2-8,13-15H2,1H3. The zero-order chi connectivity index (χ0) is 15.3. The van der Waals surface area contributed by atoms with Gasteiger partial charge in [-0.05, 0) is 48.6 Å². The van der Waals surface area contributed by atoms with Gasteiger partial charge in [0, 0.05) is 6.04 Å². The Hall–Kier alpha value is -0.570. The molecule has 0 bridgehead atoms. The minimum atomic E-state index is -0.0190. The molecule has 2 nitrogen and oxygen atoms in total. The van der Waals surface area contributed by atoms with E-state index >= 15 is 0 Å². The van der Waals surface area contributed by atoms with E-state index in [4.69, 9.17) is 16.9 Å². The van der Waals surface area contributed by atoms with E-state index < -0.39 is 0 Å². The highest BCUT2D eigenvalue weighted by atomic mass is 35.5. The van der Waals surface area contributed by atoms with E-state index in [0.717, 1.165) is 12.8 Å². The number of aliphatic hydroxyl groups excluding tert-OH is 1. The average Bonchev–Trinajstić information content (AvgIpc) is 2.53. The Balaban J connectivity index is 2.21. The predicted octanol–water partition coefficient (Wildman–Crippen LogP) is 4.63. The lowest BCUT2D eigenvalue weighted by atomic mass is 10.0. The van der Waals surface area contributed by atoms with Crippen LogP contribution in [0, 0.1) is 0 Å². The highest BCUT2D eigenvalue weighted by Gasteiger charge is 2.05. The Labute approximate surface area is 135 Å². The molecule has 0 radical (unpaired) electrons. The molecule has 0 saturated heterocycles. The van der Waals surface area contributed by atoms with Crippen LogP contribution in [0.3, 0.4) is 0 Å². The van der Waals surface area contributed by atoms with Crippen LogP contribution in [-0.2, 0) is 12.8 Å². The molecule has 1 aromatic rings. The molecular weight excluding hydrogens is 282 g/mol. The molecular formula is C18H30ClNO. The number of hydrogen-bond acceptors (Lipinski definition) is 2. The first kappa shape index (κ1) is 18.5. The summed E-state index contributed by atoms with van der Waals surface area (Å²) in [6.07, 6.45) is 11.1. The zero-order valence-electron chi connectivity index (χ0n) is 13.3. The molecule has 0 aliphatic carbocycles. The number of hydrogen-bond donors (Lipinski definition) is 2. The second-order valence-corrected chi connectivity index (χ2v) is 6.08. The second-order valence-electron chi connectivity index (χ2n) is 5.86. The summed E-state index contributed by atoms with van der Waals surface area (Å²) in [5.41, 5.74) is 2.75. The zero-order valence-corrected chi connectivity index (χ0v) is 14.0. The van der Waals surface area contributed by atoms with Crippen molar-refractivity contribution >= 4 is 11.8 Å². The van der Waals surface area contributed by atoms with Crippen LogP contribution < -0.4 is 4.84 Å². The molecule has 0 amide bonds. The van der Waals surface area contributed by atoms with Crippen molar-refractivity contribution in [2.45, 2.75) is 70.8 Å². The van der Waals surface area contributed by atoms with Crippen molar-refractivity contribution < 1.29 is 5.11 Å². The lowest BCUT2D eigenvalue weighted by molar-refractivity contribution is 0.252. The molecule has 3 heteroatoms. The highest BCUT2D eigenvalue weighted by molar-refractivity contribution is 6.13. The van der Waals surface area contributed by atoms with Crippen molar-refractivity contribution in [3.63, 3.8) is 0 Å². The van der Waals surface area contributed by atoms with Crippen LogP contribution in [0.1, 0.15) is 63.0 Å². The minimum absolute atomic E-state index is 0.0190. The third-order valence-corrected chi connectivity index (χ3v) is 4.31. The van der Waals surface area contributed by atoms with Gasteiger partial charge in [-0.25, -0.2) is 4.84 Å². The minimum Gasteiger partial charge on any atom is -0.395 e. The number of aryl methyl sites for hydroxylation is 2. The SMILES string of the molecule is CCCCCCCCc1ccc(CCC(CO)NCl)cc1. The van der Waals surface area contributed by atoms with Crippen molar-refractivity contribution in [1.29, 1.82) is 0 Å². The maximum atomic E-state index is 9.08. The van der Waals surface area contributed by atoms with Gasteiger partial charge in [-0.2, -0.15) is 0 Å². The number of nitrogens with one attached hydrogen (secondary N) is 1. The van der Waals surface area contributed by atoms with E-state index in [1.165, 1.54) is 56.1 Å². The van der Waals surface area contributed by atoms with Gasteiger partial charge in [0.15, 0.2) is 0 Å². The number of aliphatic hydroxyl groups is 1. The summed E-state index contributed by atoms with van der Waals surface area (Å²) in [6, 6.07) is 8.87. The lowest BCUT2D eigenvalue weighted by Crippen LogP contribution is -2.25. The van der Waals surface area contributed by atoms with Gasteiger partial charge < -0.3 is 5.11 Å². The summed E-state index contributed by atoms with van der Waals surface area (Å²) in [5.74, 6) is 0. The van der Waals surface area contributed by atoms with Gasteiger partial charge in [0.05, 0.1) is 6.61 Å². The number of benzene rings is 1. The van der Waals surface area contributed by atoms with Crippen molar-refractivity contribution in [3.8, 4) is 0 Å². The normalized spacial score (nSPS) is 12.5. The fourth-order valence-corrected chi connectivity index (χ4v) is 2.68. The third kappa shape index (κ3) is 8.45. The van der Waals surface area contributed by atoms with Crippen LogP contribution in [0.4, 0.5) is 0 Å². The Morgan fingerprint density at radius 1 is 0.952 bits per heavy atom. The molecule has 0 aliphatic rings. The average molecular weight is 312 g/mol. The largest absolute Gasteiger partial charge is 0.395 e. The maximum absolute atomic E-state index is 9.08. The summed E-state index contributed by atoms with van der Waals surface area (Å²) in [7, 11) is 0. The van der Waals surface area contributed by atoms with Gasteiger partial charge in [-0.1, -0.05) is 63.3 Å². The first-order valence-corrected chi connectivity index (χ1v) is 8.72. The van der Waals surface area contributed by atoms with Gasteiger partial charge in [0.1, 0.15) is 0 Å². The predicted molar refractivity (Wildman–Crippen MR) is 91.7 cm³/mol. The Morgan fingerprint density at radius 3 is 2.10 bits per heavy atom.